The number of aromatic amines is 1. The molecule has 0 aliphatic heterocycles. The van der Waals surface area contributed by atoms with E-state index in [9.17, 15) is 4.79 Å². The summed E-state index contributed by atoms with van der Waals surface area (Å²) in [6, 6.07) is 8.72. The molecule has 1 aromatic rings. The Morgan fingerprint density at radius 3 is 2.90 bits per heavy atom. The minimum atomic E-state index is -0.0822. The molecule has 0 aromatic carbocycles. The summed E-state index contributed by atoms with van der Waals surface area (Å²) in [5, 5.41) is 1.81. The van der Waals surface area contributed by atoms with Crippen molar-refractivity contribution in [2.45, 2.75) is 0 Å². The van der Waals surface area contributed by atoms with Crippen LogP contribution in [0, 0.1) is 0 Å². The van der Waals surface area contributed by atoms with Crippen molar-refractivity contribution in [1.29, 1.82) is 0 Å². The molecule has 0 spiro atoms. The van der Waals surface area contributed by atoms with Gasteiger partial charge in [-0.2, -0.15) is 0 Å². The number of aromatic nitrogens is 1. The quantitative estimate of drug-likeness (QED) is 0.602. The molecule has 1 heterocycles. The summed E-state index contributed by atoms with van der Waals surface area (Å²) in [5.74, 6) is 0. The van der Waals surface area contributed by atoms with E-state index in [1.54, 1.807) is 11.4 Å². The van der Waals surface area contributed by atoms with E-state index in [2.05, 4.69) is 4.37 Å². The maximum Gasteiger partial charge on any atom is 0.257 e. The fourth-order valence-corrected chi connectivity index (χ4v) is 0.904. The Bertz CT molecular complexity index is 261. The van der Waals surface area contributed by atoms with Crippen LogP contribution in [-0.2, 0) is 0 Å². The Balaban J connectivity index is 3.27. The second-order valence-corrected chi connectivity index (χ2v) is 2.37. The van der Waals surface area contributed by atoms with Gasteiger partial charge in [0.1, 0.15) is 0 Å². The lowest BCUT2D eigenvalue weighted by Gasteiger charge is -1.64. The summed E-state index contributed by atoms with van der Waals surface area (Å²) in [6.07, 6.45) is 0. The Labute approximate surface area is 62.6 Å². The second-order valence-electron chi connectivity index (χ2n) is 1.66. The maximum atomic E-state index is 10.7. The number of nitrogens with one attached hydrogen (secondary N) is 1. The minimum absolute atomic E-state index is 0.0822. The third-order valence-electron chi connectivity index (χ3n) is 0.887. The topological polar surface area (TPSA) is 32.9 Å². The van der Waals surface area contributed by atoms with E-state index in [0.717, 1.165) is 0 Å². The van der Waals surface area contributed by atoms with E-state index >= 15 is 0 Å². The van der Waals surface area contributed by atoms with E-state index in [1.165, 1.54) is 17.6 Å². The average Bonchev–Trinajstić information content (AvgIpc) is 2.02. The van der Waals surface area contributed by atoms with Gasteiger partial charge >= 0.3 is 0 Å². The summed E-state index contributed by atoms with van der Waals surface area (Å²) >= 11 is 1.27. The lowest BCUT2D eigenvalue weighted by molar-refractivity contribution is 1.40. The molecule has 0 saturated heterocycles. The first-order valence-electron chi connectivity index (χ1n) is 2.85. The molecule has 0 aliphatic carbocycles. The predicted octanol–water partition coefficient (Wildman–Crippen LogP) is 1.56. The fourth-order valence-electron chi connectivity index (χ4n) is 0.482. The predicted molar refractivity (Wildman–Crippen MR) is 42.6 cm³/mol. The molecular weight excluding hydrogens is 146 g/mol. The van der Waals surface area contributed by atoms with E-state index < -0.39 is 0 Å². The van der Waals surface area contributed by atoms with Crippen LogP contribution in [0.1, 0.15) is 0 Å². The molecule has 0 radical (unpaired) electrons. The van der Waals surface area contributed by atoms with Crippen LogP contribution in [0.15, 0.2) is 40.5 Å². The van der Waals surface area contributed by atoms with Gasteiger partial charge in [0.05, 0.1) is 0 Å². The highest BCUT2D eigenvalue weighted by Gasteiger charge is 1.68. The summed E-state index contributed by atoms with van der Waals surface area (Å²) in [5.41, 5.74) is -0.0822. The van der Waals surface area contributed by atoms with Gasteiger partial charge in [-0.05, 0) is 0 Å². The summed E-state index contributed by atoms with van der Waals surface area (Å²) in [6.45, 7) is 0. The molecular formula is C7H7NOS. The number of H-pyrrole nitrogens is 1. The maximum absolute atomic E-state index is 10.7. The Kier molecular flexibility index (Phi) is 2.70. The molecule has 0 amide bonds. The largest absolute Gasteiger partial charge is 0.278 e. The lowest BCUT2D eigenvalue weighted by atomic mass is 10.5. The van der Waals surface area contributed by atoms with Crippen molar-refractivity contribution in [3.8, 4) is 0 Å². The van der Waals surface area contributed by atoms with Gasteiger partial charge in [0.2, 0.25) is 0 Å². The highest BCUT2D eigenvalue weighted by molar-refractivity contribution is 7.03. The Hall–Kier alpha value is -1.09. The zero-order chi connectivity index (χ0) is 7.23. The van der Waals surface area contributed by atoms with Crippen LogP contribution in [0.5, 0.6) is 0 Å². The van der Waals surface area contributed by atoms with Gasteiger partial charge < -0.3 is 0 Å². The van der Waals surface area contributed by atoms with Crippen molar-refractivity contribution in [3.05, 3.63) is 46.1 Å². The fraction of sp³-hybridized carbons (Fsp3) is 0. The van der Waals surface area contributed by atoms with Crippen LogP contribution >= 0.6 is 11.5 Å². The van der Waals surface area contributed by atoms with Gasteiger partial charge in [-0.3, -0.25) is 9.17 Å². The molecule has 0 unspecified atom stereocenters. The van der Waals surface area contributed by atoms with Crippen molar-refractivity contribution >= 4 is 11.5 Å². The molecule has 0 atom stereocenters. The van der Waals surface area contributed by atoms with Crippen molar-refractivity contribution in [2.24, 2.45) is 0 Å². The average molecular weight is 153 g/mol. The first-order valence-corrected chi connectivity index (χ1v) is 3.73. The molecule has 1 N–H and O–H groups in total. The van der Waals surface area contributed by atoms with Gasteiger partial charge in [0, 0.05) is 11.4 Å². The molecule has 10 heavy (non-hydrogen) atoms. The van der Waals surface area contributed by atoms with Gasteiger partial charge in [0.15, 0.2) is 0 Å². The summed E-state index contributed by atoms with van der Waals surface area (Å²) < 4.78 is 2.59. The van der Waals surface area contributed by atoms with Crippen LogP contribution in [-0.4, -0.2) is 4.37 Å². The SMILES string of the molecule is O=c1ccccccs[nH]1. The van der Waals surface area contributed by atoms with Crippen LogP contribution in [0.3, 0.4) is 0 Å². The van der Waals surface area contributed by atoms with E-state index in [4.69, 9.17) is 0 Å². The van der Waals surface area contributed by atoms with Crippen molar-refractivity contribution in [1.82, 2.24) is 4.37 Å². The number of hydrogen-bond acceptors (Lipinski definition) is 2. The highest BCUT2D eigenvalue weighted by Crippen LogP contribution is 1.80. The Morgan fingerprint density at radius 2 is 2.00 bits per heavy atom. The number of rotatable bonds is 0. The van der Waals surface area contributed by atoms with Gasteiger partial charge in [-0.25, -0.2) is 0 Å². The molecule has 1 rings (SSSR count). The smallest absolute Gasteiger partial charge is 0.257 e. The number of hydrogen-bond donors (Lipinski definition) is 1. The molecule has 3 heteroatoms. The van der Waals surface area contributed by atoms with Crippen LogP contribution in [0.4, 0.5) is 0 Å². The zero-order valence-corrected chi connectivity index (χ0v) is 6.10. The molecule has 0 aliphatic rings. The zero-order valence-electron chi connectivity index (χ0n) is 5.28. The van der Waals surface area contributed by atoms with Gasteiger partial charge in [-0.1, -0.05) is 35.8 Å². The van der Waals surface area contributed by atoms with Crippen LogP contribution < -0.4 is 5.56 Å². The molecule has 0 fully saturated rings. The molecule has 1 aromatic heterocycles. The molecule has 0 bridgehead atoms. The minimum Gasteiger partial charge on any atom is -0.278 e. The third-order valence-corrected chi connectivity index (χ3v) is 1.50. The normalized spacial score (nSPS) is 8.40. The van der Waals surface area contributed by atoms with Crippen LogP contribution in [0.25, 0.3) is 0 Å². The third kappa shape index (κ3) is 2.46. The van der Waals surface area contributed by atoms with Crippen LogP contribution in [0.2, 0.25) is 0 Å². The highest BCUT2D eigenvalue weighted by atomic mass is 32.1. The second kappa shape index (κ2) is 3.85. The monoisotopic (exact) mass is 153 g/mol. The first-order chi connectivity index (χ1) is 4.89. The lowest BCUT2D eigenvalue weighted by Crippen LogP contribution is -1.94. The van der Waals surface area contributed by atoms with Crippen molar-refractivity contribution < 1.29 is 0 Å². The molecule has 0 saturated carbocycles. The molecule has 52 valence electrons. The van der Waals surface area contributed by atoms with E-state index in [0.29, 0.717) is 0 Å². The first kappa shape index (κ1) is 7.02. The summed E-state index contributed by atoms with van der Waals surface area (Å²) in [4.78, 5) is 10.7. The Morgan fingerprint density at radius 1 is 1.20 bits per heavy atom. The van der Waals surface area contributed by atoms with Gasteiger partial charge in [0.25, 0.3) is 5.56 Å². The molecule has 2 nitrogen and oxygen atoms in total. The van der Waals surface area contributed by atoms with E-state index in [1.807, 2.05) is 18.2 Å². The van der Waals surface area contributed by atoms with Crippen molar-refractivity contribution in [3.63, 3.8) is 0 Å². The van der Waals surface area contributed by atoms with E-state index in [-0.39, 0.29) is 5.56 Å². The summed E-state index contributed by atoms with van der Waals surface area (Å²) in [7, 11) is 0. The van der Waals surface area contributed by atoms with Gasteiger partial charge in [-0.15, -0.1) is 0 Å². The van der Waals surface area contributed by atoms with Crippen molar-refractivity contribution in [2.75, 3.05) is 0 Å². The standard InChI is InChI=1S/C7H7NOS/c9-7-5-3-1-2-4-6-10-8-7/h1-6H,(H,8,9).